The van der Waals surface area contributed by atoms with E-state index in [1.54, 1.807) is 13.0 Å². The van der Waals surface area contributed by atoms with Crippen molar-refractivity contribution < 1.29 is 19.7 Å². The van der Waals surface area contributed by atoms with Crippen molar-refractivity contribution in [3.63, 3.8) is 0 Å². The Morgan fingerprint density at radius 2 is 2.07 bits per heavy atom. The van der Waals surface area contributed by atoms with Crippen molar-refractivity contribution in [2.75, 3.05) is 11.9 Å². The van der Waals surface area contributed by atoms with Gasteiger partial charge < -0.3 is 20.3 Å². The monoisotopic (exact) mass is 385 g/mol. The zero-order chi connectivity index (χ0) is 20.1. The molecule has 0 fully saturated rings. The number of carbonyl (C=O) groups excluding carboxylic acids is 1. The number of H-pyrrole nitrogens is 1. The number of fused-ring (bicyclic) bond motifs is 1. The number of amides is 2. The van der Waals surface area contributed by atoms with Gasteiger partial charge in [-0.1, -0.05) is 30.3 Å². The summed E-state index contributed by atoms with van der Waals surface area (Å²) < 4.78 is 5.43. The summed E-state index contributed by atoms with van der Waals surface area (Å²) in [6.45, 7) is 3.52. The van der Waals surface area contributed by atoms with Gasteiger partial charge in [-0.15, -0.1) is 5.10 Å². The number of hydrogen-bond acceptors (Lipinski definition) is 6. The molecule has 148 valence electrons. The second-order valence-electron chi connectivity index (χ2n) is 6.22. The van der Waals surface area contributed by atoms with Gasteiger partial charge in [0.2, 0.25) is 5.88 Å². The molecule has 2 unspecified atom stereocenters. The van der Waals surface area contributed by atoms with Gasteiger partial charge in [0, 0.05) is 6.07 Å². The molecule has 0 radical (unpaired) electrons. The molecule has 2 aromatic heterocycles. The summed E-state index contributed by atoms with van der Waals surface area (Å²) in [7, 11) is 0. The maximum Gasteiger partial charge on any atom is 0.320 e. The van der Waals surface area contributed by atoms with E-state index in [9.17, 15) is 15.0 Å². The van der Waals surface area contributed by atoms with Crippen LogP contribution in [0.25, 0.3) is 10.9 Å². The lowest BCUT2D eigenvalue weighted by Gasteiger charge is -2.22. The second kappa shape index (κ2) is 8.68. The van der Waals surface area contributed by atoms with Gasteiger partial charge >= 0.3 is 6.03 Å². The van der Waals surface area contributed by atoms with E-state index in [2.05, 4.69) is 25.8 Å². The number of rotatable bonds is 7. The first-order chi connectivity index (χ1) is 13.5. The maximum atomic E-state index is 12.5. The van der Waals surface area contributed by atoms with E-state index in [1.165, 1.54) is 0 Å². The predicted octanol–water partition coefficient (Wildman–Crippen LogP) is 2.09. The van der Waals surface area contributed by atoms with Crippen LogP contribution in [0.3, 0.4) is 0 Å². The summed E-state index contributed by atoms with van der Waals surface area (Å²) in [6, 6.07) is 9.66. The lowest BCUT2D eigenvalue weighted by atomic mass is 10.0. The number of nitrogens with zero attached hydrogens (tertiary/aromatic N) is 2. The molecule has 0 saturated heterocycles. The van der Waals surface area contributed by atoms with Crippen LogP contribution in [0.5, 0.6) is 5.88 Å². The number of aromatic nitrogens is 3. The van der Waals surface area contributed by atoms with E-state index < -0.39 is 18.2 Å². The van der Waals surface area contributed by atoms with Gasteiger partial charge in [-0.3, -0.25) is 10.4 Å². The second-order valence-corrected chi connectivity index (χ2v) is 6.22. The Labute approximate surface area is 161 Å². The van der Waals surface area contributed by atoms with E-state index in [0.717, 1.165) is 5.56 Å². The van der Waals surface area contributed by atoms with Crippen LogP contribution in [0.15, 0.2) is 36.4 Å². The number of aliphatic hydroxyl groups is 2. The molecule has 9 nitrogen and oxygen atoms in total. The van der Waals surface area contributed by atoms with Gasteiger partial charge in [-0.2, -0.15) is 0 Å². The summed E-state index contributed by atoms with van der Waals surface area (Å²) in [4.78, 5) is 16.7. The summed E-state index contributed by atoms with van der Waals surface area (Å²) in [5, 5.41) is 32.5. The molecule has 2 amide bonds. The third-order valence-corrected chi connectivity index (χ3v) is 4.19. The van der Waals surface area contributed by atoms with Crippen LogP contribution in [0.1, 0.15) is 31.1 Å². The van der Waals surface area contributed by atoms with Crippen LogP contribution in [0.2, 0.25) is 0 Å². The van der Waals surface area contributed by atoms with Crippen molar-refractivity contribution in [1.29, 1.82) is 0 Å². The predicted molar refractivity (Wildman–Crippen MR) is 104 cm³/mol. The molecule has 0 aliphatic carbocycles. The Morgan fingerprint density at radius 3 is 2.71 bits per heavy atom. The van der Waals surface area contributed by atoms with E-state index in [1.807, 2.05) is 37.3 Å². The third-order valence-electron chi connectivity index (χ3n) is 4.19. The third kappa shape index (κ3) is 4.21. The highest BCUT2D eigenvalue weighted by Gasteiger charge is 2.21. The summed E-state index contributed by atoms with van der Waals surface area (Å²) in [6.07, 6.45) is -0.794. The van der Waals surface area contributed by atoms with Gasteiger partial charge in [-0.05, 0) is 19.4 Å². The highest BCUT2D eigenvalue weighted by molar-refractivity contribution is 5.93. The number of urea groups is 1. The summed E-state index contributed by atoms with van der Waals surface area (Å²) in [5.41, 5.74) is 1.69. The molecule has 3 aromatic rings. The minimum Gasteiger partial charge on any atom is -0.476 e. The van der Waals surface area contributed by atoms with Gasteiger partial charge in [0.25, 0.3) is 0 Å². The number of aromatic amines is 1. The molecule has 0 aliphatic rings. The number of carbonyl (C=O) groups is 1. The van der Waals surface area contributed by atoms with E-state index in [4.69, 9.17) is 4.74 Å². The first kappa shape index (κ1) is 19.6. The van der Waals surface area contributed by atoms with Gasteiger partial charge in [0.1, 0.15) is 5.82 Å². The SMILES string of the molecule is CCOc1n[nH]c2cc(NC(=O)NC(c3ccccc3)C(C)O)nc(CO)c12. The molecule has 5 N–H and O–H groups in total. The van der Waals surface area contributed by atoms with E-state index >= 15 is 0 Å². The lowest BCUT2D eigenvalue weighted by Crippen LogP contribution is -2.38. The van der Waals surface area contributed by atoms with Crippen molar-refractivity contribution in [1.82, 2.24) is 20.5 Å². The molecule has 2 atom stereocenters. The topological polar surface area (TPSA) is 132 Å². The lowest BCUT2D eigenvalue weighted by molar-refractivity contribution is 0.148. The molecule has 2 heterocycles. The summed E-state index contributed by atoms with van der Waals surface area (Å²) >= 11 is 0. The average molecular weight is 385 g/mol. The van der Waals surface area contributed by atoms with Crippen molar-refractivity contribution in [2.45, 2.75) is 32.6 Å². The smallest absolute Gasteiger partial charge is 0.320 e. The molecular formula is C19H23N5O4. The molecule has 0 saturated carbocycles. The quantitative estimate of drug-likeness (QED) is 0.423. The molecule has 0 aliphatic heterocycles. The molecule has 28 heavy (non-hydrogen) atoms. The van der Waals surface area contributed by atoms with Crippen LogP contribution >= 0.6 is 0 Å². The number of anilines is 1. The zero-order valence-electron chi connectivity index (χ0n) is 15.6. The number of pyridine rings is 1. The van der Waals surface area contributed by atoms with Crippen molar-refractivity contribution in [3.05, 3.63) is 47.7 Å². The summed E-state index contributed by atoms with van der Waals surface area (Å²) in [5.74, 6) is 0.585. The molecule has 0 bridgehead atoms. The number of ether oxygens (including phenoxy) is 1. The maximum absolute atomic E-state index is 12.5. The van der Waals surface area contributed by atoms with Crippen molar-refractivity contribution in [2.24, 2.45) is 0 Å². The fraction of sp³-hybridized carbons (Fsp3) is 0.316. The molecule has 3 rings (SSSR count). The number of aliphatic hydroxyl groups excluding tert-OH is 2. The van der Waals surface area contributed by atoms with Gasteiger partial charge in [-0.25, -0.2) is 9.78 Å². The molecule has 0 spiro atoms. The normalized spacial score (nSPS) is 13.1. The van der Waals surface area contributed by atoms with Crippen LogP contribution in [0.4, 0.5) is 10.6 Å². The van der Waals surface area contributed by atoms with Crippen molar-refractivity contribution >= 4 is 22.8 Å². The fourth-order valence-corrected chi connectivity index (χ4v) is 2.95. The molecular weight excluding hydrogens is 362 g/mol. The molecule has 9 heteroatoms. The Morgan fingerprint density at radius 1 is 1.32 bits per heavy atom. The van der Waals surface area contributed by atoms with Gasteiger partial charge in [0.05, 0.1) is 42.0 Å². The number of nitrogens with one attached hydrogen (secondary N) is 3. The molecule has 1 aromatic carbocycles. The largest absolute Gasteiger partial charge is 0.476 e. The Balaban J connectivity index is 1.80. The van der Waals surface area contributed by atoms with Crippen molar-refractivity contribution in [3.8, 4) is 5.88 Å². The minimum atomic E-state index is -0.794. The Kier molecular flexibility index (Phi) is 6.07. The van der Waals surface area contributed by atoms with Crippen LogP contribution in [0, 0.1) is 0 Å². The first-order valence-electron chi connectivity index (χ1n) is 8.95. The standard InChI is InChI=1S/C19H23N5O4/c1-3-28-18-16-13(23-24-18)9-15(20-14(16)10-25)21-19(27)22-17(11(2)26)12-7-5-4-6-8-12/h4-9,11,17,25-26H,3,10H2,1-2H3,(H,23,24)(H2,20,21,22,27). The number of hydrogen-bond donors (Lipinski definition) is 5. The zero-order valence-corrected chi connectivity index (χ0v) is 15.6. The number of benzene rings is 1. The van der Waals surface area contributed by atoms with Crippen LogP contribution < -0.4 is 15.4 Å². The Hall–Kier alpha value is -3.17. The van der Waals surface area contributed by atoms with Crippen LogP contribution in [-0.2, 0) is 6.61 Å². The Bertz CT molecular complexity index is 942. The average Bonchev–Trinajstić information content (AvgIpc) is 3.09. The van der Waals surface area contributed by atoms with E-state index in [-0.39, 0.29) is 12.4 Å². The highest BCUT2D eigenvalue weighted by atomic mass is 16.5. The fourth-order valence-electron chi connectivity index (χ4n) is 2.95. The minimum absolute atomic E-state index is 0.234. The van der Waals surface area contributed by atoms with E-state index in [0.29, 0.717) is 29.1 Å². The van der Waals surface area contributed by atoms with Crippen LogP contribution in [-0.4, -0.2) is 44.1 Å². The first-order valence-corrected chi connectivity index (χ1v) is 8.95. The van der Waals surface area contributed by atoms with Gasteiger partial charge in [0.15, 0.2) is 0 Å². The highest BCUT2D eigenvalue weighted by Crippen LogP contribution is 2.28.